The van der Waals surface area contributed by atoms with E-state index in [2.05, 4.69) is 19.4 Å². The van der Waals surface area contributed by atoms with Crippen LogP contribution in [-0.2, 0) is 20.0 Å². The average Bonchev–Trinajstić information content (AvgIpc) is 3.35. The molecule has 3 aromatic heterocycles. The second-order valence-electron chi connectivity index (χ2n) is 6.14. The molecule has 0 saturated carbocycles. The van der Waals surface area contributed by atoms with E-state index >= 15 is 0 Å². The molecule has 1 aromatic carbocycles. The van der Waals surface area contributed by atoms with Crippen molar-refractivity contribution >= 4 is 22.6 Å². The van der Waals surface area contributed by atoms with Crippen molar-refractivity contribution in [2.75, 3.05) is 5.32 Å². The summed E-state index contributed by atoms with van der Waals surface area (Å²) < 4.78 is 9.30. The SMILES string of the molecule is Cc1nccn1CCc1nc2cc(NC(=O)c3ccco3)ccc2n1C. The summed E-state index contributed by atoms with van der Waals surface area (Å²) in [5.41, 5.74) is 2.56. The largest absolute Gasteiger partial charge is 0.459 e. The number of carbonyl (C=O) groups is 1. The van der Waals surface area contributed by atoms with Crippen molar-refractivity contribution in [2.24, 2.45) is 7.05 Å². The number of rotatable bonds is 5. The quantitative estimate of drug-likeness (QED) is 0.600. The van der Waals surface area contributed by atoms with Crippen LogP contribution < -0.4 is 5.32 Å². The third kappa shape index (κ3) is 2.99. The minimum absolute atomic E-state index is 0.277. The molecule has 0 aliphatic carbocycles. The molecule has 0 atom stereocenters. The molecule has 0 unspecified atom stereocenters. The average molecular weight is 349 g/mol. The maximum Gasteiger partial charge on any atom is 0.291 e. The zero-order valence-corrected chi connectivity index (χ0v) is 14.6. The van der Waals surface area contributed by atoms with E-state index in [9.17, 15) is 4.79 Å². The number of amides is 1. The van der Waals surface area contributed by atoms with E-state index in [4.69, 9.17) is 9.40 Å². The van der Waals surface area contributed by atoms with Gasteiger partial charge in [-0.3, -0.25) is 4.79 Å². The molecule has 0 saturated heterocycles. The van der Waals surface area contributed by atoms with Gasteiger partial charge in [-0.25, -0.2) is 9.97 Å². The topological polar surface area (TPSA) is 77.9 Å². The highest BCUT2D eigenvalue weighted by Crippen LogP contribution is 2.21. The van der Waals surface area contributed by atoms with Gasteiger partial charge in [-0.05, 0) is 37.3 Å². The van der Waals surface area contributed by atoms with Gasteiger partial charge in [0.2, 0.25) is 0 Å². The lowest BCUT2D eigenvalue weighted by Gasteiger charge is -2.05. The summed E-state index contributed by atoms with van der Waals surface area (Å²) in [7, 11) is 2.01. The van der Waals surface area contributed by atoms with Crippen molar-refractivity contribution in [3.8, 4) is 0 Å². The summed E-state index contributed by atoms with van der Waals surface area (Å²) in [6.07, 6.45) is 6.06. The lowest BCUT2D eigenvalue weighted by Crippen LogP contribution is -2.10. The number of carbonyl (C=O) groups excluding carboxylic acids is 1. The molecule has 0 bridgehead atoms. The molecular weight excluding hydrogens is 330 g/mol. The summed E-state index contributed by atoms with van der Waals surface area (Å²) >= 11 is 0. The summed E-state index contributed by atoms with van der Waals surface area (Å²) in [5, 5.41) is 2.83. The number of aromatic nitrogens is 4. The number of imidazole rings is 2. The van der Waals surface area contributed by atoms with E-state index in [0.29, 0.717) is 5.69 Å². The fourth-order valence-electron chi connectivity index (χ4n) is 3.01. The van der Waals surface area contributed by atoms with E-state index in [1.807, 2.05) is 38.4 Å². The van der Waals surface area contributed by atoms with Gasteiger partial charge < -0.3 is 18.9 Å². The predicted molar refractivity (Wildman–Crippen MR) is 98.0 cm³/mol. The van der Waals surface area contributed by atoms with E-state index in [0.717, 1.165) is 35.6 Å². The fourth-order valence-corrected chi connectivity index (χ4v) is 3.01. The Morgan fingerprint density at radius 3 is 2.92 bits per heavy atom. The van der Waals surface area contributed by atoms with Crippen LogP contribution in [0.4, 0.5) is 5.69 Å². The fraction of sp³-hybridized carbons (Fsp3) is 0.211. The molecule has 0 aliphatic rings. The lowest BCUT2D eigenvalue weighted by atomic mass is 10.2. The molecule has 0 spiro atoms. The Bertz CT molecular complexity index is 1060. The second-order valence-corrected chi connectivity index (χ2v) is 6.14. The van der Waals surface area contributed by atoms with Crippen LogP contribution in [0.3, 0.4) is 0 Å². The van der Waals surface area contributed by atoms with Crippen LogP contribution in [0.5, 0.6) is 0 Å². The molecule has 7 heteroatoms. The van der Waals surface area contributed by atoms with Gasteiger partial charge in [0.15, 0.2) is 5.76 Å². The highest BCUT2D eigenvalue weighted by atomic mass is 16.3. The van der Waals surface area contributed by atoms with Crippen LogP contribution in [0.2, 0.25) is 0 Å². The van der Waals surface area contributed by atoms with Crippen LogP contribution in [0, 0.1) is 6.92 Å². The van der Waals surface area contributed by atoms with E-state index in [1.165, 1.54) is 6.26 Å². The predicted octanol–water partition coefficient (Wildman–Crippen LogP) is 3.17. The maximum absolute atomic E-state index is 12.1. The summed E-state index contributed by atoms with van der Waals surface area (Å²) in [5.74, 6) is 1.98. The normalized spacial score (nSPS) is 11.2. The number of nitrogens with one attached hydrogen (secondary N) is 1. The Kier molecular flexibility index (Phi) is 4.04. The van der Waals surface area contributed by atoms with Gasteiger partial charge in [-0.15, -0.1) is 0 Å². The zero-order chi connectivity index (χ0) is 18.1. The van der Waals surface area contributed by atoms with Crippen molar-refractivity contribution in [3.63, 3.8) is 0 Å². The van der Waals surface area contributed by atoms with Gasteiger partial charge in [0.1, 0.15) is 11.6 Å². The van der Waals surface area contributed by atoms with Gasteiger partial charge in [-0.2, -0.15) is 0 Å². The lowest BCUT2D eigenvalue weighted by molar-refractivity contribution is 0.0996. The second kappa shape index (κ2) is 6.51. The van der Waals surface area contributed by atoms with E-state index < -0.39 is 0 Å². The molecule has 4 aromatic rings. The molecule has 1 N–H and O–H groups in total. The number of hydrogen-bond donors (Lipinski definition) is 1. The van der Waals surface area contributed by atoms with Crippen molar-refractivity contribution in [2.45, 2.75) is 19.9 Å². The van der Waals surface area contributed by atoms with Crippen molar-refractivity contribution in [1.29, 1.82) is 0 Å². The summed E-state index contributed by atoms with van der Waals surface area (Å²) in [6.45, 7) is 2.81. The number of aryl methyl sites for hydroxylation is 4. The molecule has 0 radical (unpaired) electrons. The molecule has 3 heterocycles. The van der Waals surface area contributed by atoms with Crippen LogP contribution in [0.1, 0.15) is 22.2 Å². The van der Waals surface area contributed by atoms with Gasteiger partial charge >= 0.3 is 0 Å². The van der Waals surface area contributed by atoms with Crippen molar-refractivity contribution < 1.29 is 9.21 Å². The Hall–Kier alpha value is -3.35. The molecule has 0 fully saturated rings. The summed E-state index contributed by atoms with van der Waals surface area (Å²) in [6, 6.07) is 9.03. The van der Waals surface area contributed by atoms with Crippen LogP contribution >= 0.6 is 0 Å². The first-order chi connectivity index (χ1) is 12.6. The molecule has 1 amide bonds. The maximum atomic E-state index is 12.1. The Labute approximate surface area is 150 Å². The number of benzene rings is 1. The van der Waals surface area contributed by atoms with E-state index in [-0.39, 0.29) is 11.7 Å². The first-order valence-corrected chi connectivity index (χ1v) is 8.40. The number of furan rings is 1. The Morgan fingerprint density at radius 2 is 2.19 bits per heavy atom. The van der Waals surface area contributed by atoms with Crippen LogP contribution in [0.25, 0.3) is 11.0 Å². The van der Waals surface area contributed by atoms with Gasteiger partial charge in [0.25, 0.3) is 5.91 Å². The molecule has 132 valence electrons. The molecule has 7 nitrogen and oxygen atoms in total. The third-order valence-electron chi connectivity index (χ3n) is 4.48. The first kappa shape index (κ1) is 16.1. The molecule has 4 rings (SSSR count). The molecule has 0 aliphatic heterocycles. The smallest absolute Gasteiger partial charge is 0.291 e. The minimum Gasteiger partial charge on any atom is -0.459 e. The van der Waals surface area contributed by atoms with Gasteiger partial charge in [-0.1, -0.05) is 0 Å². The minimum atomic E-state index is -0.277. The zero-order valence-electron chi connectivity index (χ0n) is 14.6. The summed E-state index contributed by atoms with van der Waals surface area (Å²) in [4.78, 5) is 21.1. The Balaban J connectivity index is 1.54. The molecular formula is C19H19N5O2. The molecule has 26 heavy (non-hydrogen) atoms. The number of hydrogen-bond acceptors (Lipinski definition) is 4. The highest BCUT2D eigenvalue weighted by Gasteiger charge is 2.12. The van der Waals surface area contributed by atoms with Crippen LogP contribution in [-0.4, -0.2) is 25.0 Å². The van der Waals surface area contributed by atoms with Crippen molar-refractivity contribution in [1.82, 2.24) is 19.1 Å². The number of nitrogens with zero attached hydrogens (tertiary/aromatic N) is 4. The third-order valence-corrected chi connectivity index (χ3v) is 4.48. The number of fused-ring (bicyclic) bond motifs is 1. The Morgan fingerprint density at radius 1 is 1.31 bits per heavy atom. The first-order valence-electron chi connectivity index (χ1n) is 8.40. The number of anilines is 1. The highest BCUT2D eigenvalue weighted by molar-refractivity contribution is 6.03. The van der Waals surface area contributed by atoms with Crippen LogP contribution in [0.15, 0.2) is 53.4 Å². The monoisotopic (exact) mass is 349 g/mol. The van der Waals surface area contributed by atoms with Crippen molar-refractivity contribution in [3.05, 3.63) is 66.4 Å². The standard InChI is InChI=1S/C19H19N5O2/c1-13-20-8-10-24(13)9-7-18-22-15-12-14(5-6-16(15)23(18)2)21-19(25)17-4-3-11-26-17/h3-6,8,10-12H,7,9H2,1-2H3,(H,21,25). The van der Waals surface area contributed by atoms with E-state index in [1.54, 1.807) is 18.3 Å². The van der Waals surface area contributed by atoms with Gasteiger partial charge in [0.05, 0.1) is 17.3 Å². The van der Waals surface area contributed by atoms with Gasteiger partial charge in [0, 0.05) is 38.1 Å².